The van der Waals surface area contributed by atoms with Crippen LogP contribution in [0.2, 0.25) is 0 Å². The number of ether oxygens (including phenoxy) is 3. The third kappa shape index (κ3) is 12.2. The van der Waals surface area contributed by atoms with Gasteiger partial charge >= 0.3 is 6.09 Å². The molecule has 0 saturated carbocycles. The van der Waals surface area contributed by atoms with E-state index >= 15 is 0 Å². The molecule has 0 spiro atoms. The van der Waals surface area contributed by atoms with Crippen molar-refractivity contribution in [3.05, 3.63) is 35.1 Å². The highest BCUT2D eigenvalue weighted by molar-refractivity contribution is 9.08. The second-order valence-corrected chi connectivity index (χ2v) is 9.10. The molecular formula is C25H43BrFNO5. The van der Waals surface area contributed by atoms with E-state index in [2.05, 4.69) is 22.9 Å². The molecule has 0 fully saturated rings. The summed E-state index contributed by atoms with van der Waals surface area (Å²) in [7, 11) is 1.58. The molecule has 0 radical (unpaired) electrons. The van der Waals surface area contributed by atoms with Crippen LogP contribution in [0.3, 0.4) is 0 Å². The Morgan fingerprint density at radius 1 is 1.18 bits per heavy atom. The highest BCUT2D eigenvalue weighted by atomic mass is 79.9. The molecule has 0 aromatic heterocycles. The zero-order valence-corrected chi connectivity index (χ0v) is 23.1. The summed E-state index contributed by atoms with van der Waals surface area (Å²) in [6.45, 7) is 11.6. The first-order valence-corrected chi connectivity index (χ1v) is 13.0. The van der Waals surface area contributed by atoms with E-state index in [4.69, 9.17) is 14.2 Å². The Bertz CT molecular complexity index is 694. The lowest BCUT2D eigenvalue weighted by atomic mass is 9.91. The molecule has 1 N–H and O–H groups in total. The Hall–Kier alpha value is -1.22. The number of carbonyl (C=O) groups excluding carboxylic acids is 1. The van der Waals surface area contributed by atoms with Gasteiger partial charge in [-0.1, -0.05) is 42.3 Å². The minimum absolute atomic E-state index is 0.0118. The van der Waals surface area contributed by atoms with Crippen molar-refractivity contribution >= 4 is 22.0 Å². The van der Waals surface area contributed by atoms with E-state index in [0.29, 0.717) is 24.1 Å². The minimum atomic E-state index is -1.43. The zero-order valence-electron chi connectivity index (χ0n) is 21.5. The van der Waals surface area contributed by atoms with E-state index in [1.807, 2.05) is 12.8 Å². The minimum Gasteiger partial charge on any atom is -0.444 e. The van der Waals surface area contributed by atoms with E-state index in [-0.39, 0.29) is 13.2 Å². The molecule has 33 heavy (non-hydrogen) atoms. The number of hydrogen-bond donors (Lipinski definition) is 1. The highest BCUT2D eigenvalue weighted by Gasteiger charge is 2.32. The molecule has 1 aromatic carbocycles. The summed E-state index contributed by atoms with van der Waals surface area (Å²) in [6, 6.07) is 4.20. The number of amides is 1. The Balaban J connectivity index is 0.00000497. The molecule has 1 rings (SSSR count). The van der Waals surface area contributed by atoms with Crippen LogP contribution in [0.5, 0.6) is 0 Å². The molecule has 192 valence electrons. The van der Waals surface area contributed by atoms with Gasteiger partial charge in [-0.15, -0.1) is 0 Å². The molecule has 1 amide bonds. The summed E-state index contributed by atoms with van der Waals surface area (Å²) in [5.41, 5.74) is -1.05. The van der Waals surface area contributed by atoms with Crippen molar-refractivity contribution in [1.29, 1.82) is 0 Å². The van der Waals surface area contributed by atoms with Gasteiger partial charge in [-0.05, 0) is 76.1 Å². The van der Waals surface area contributed by atoms with Crippen LogP contribution in [0, 0.1) is 5.82 Å². The van der Waals surface area contributed by atoms with Gasteiger partial charge < -0.3 is 24.2 Å². The van der Waals surface area contributed by atoms with E-state index < -0.39 is 29.4 Å². The molecule has 2 unspecified atom stereocenters. The Morgan fingerprint density at radius 3 is 2.33 bits per heavy atom. The molecule has 0 aliphatic carbocycles. The van der Waals surface area contributed by atoms with E-state index in [1.165, 1.54) is 17.0 Å². The lowest BCUT2D eigenvalue weighted by Gasteiger charge is -2.34. The fourth-order valence-electron chi connectivity index (χ4n) is 3.32. The van der Waals surface area contributed by atoms with E-state index in [0.717, 1.165) is 19.3 Å². The third-order valence-electron chi connectivity index (χ3n) is 4.77. The van der Waals surface area contributed by atoms with Gasteiger partial charge in [0.1, 0.15) is 17.0 Å². The third-order valence-corrected chi connectivity index (χ3v) is 4.77. The SMILES string of the molecule is CBr.CCCCC(OC)OCc1cc(F)ccc1C(C)(O)CN(CCC)C(=O)OC(C)(C)C. The molecule has 0 bridgehead atoms. The molecule has 2 atom stereocenters. The van der Waals surface area contributed by atoms with Gasteiger partial charge in [0, 0.05) is 13.7 Å². The number of alkyl halides is 1. The van der Waals surface area contributed by atoms with Gasteiger partial charge in [0.2, 0.25) is 0 Å². The summed E-state index contributed by atoms with van der Waals surface area (Å²) in [5.74, 6) is 1.39. The van der Waals surface area contributed by atoms with Crippen LogP contribution < -0.4 is 0 Å². The molecule has 0 saturated heterocycles. The Labute approximate surface area is 207 Å². The largest absolute Gasteiger partial charge is 0.444 e. The molecular weight excluding hydrogens is 493 g/mol. The molecule has 6 nitrogen and oxygen atoms in total. The predicted octanol–water partition coefficient (Wildman–Crippen LogP) is 6.37. The van der Waals surface area contributed by atoms with Crippen molar-refractivity contribution in [3.63, 3.8) is 0 Å². The molecule has 8 heteroatoms. The molecule has 1 aromatic rings. The number of methoxy groups -OCH3 is 1. The molecule has 0 heterocycles. The first kappa shape index (κ1) is 31.8. The van der Waals surface area contributed by atoms with Gasteiger partial charge in [-0.2, -0.15) is 0 Å². The maximum Gasteiger partial charge on any atom is 0.410 e. The van der Waals surface area contributed by atoms with Gasteiger partial charge in [0.25, 0.3) is 0 Å². The van der Waals surface area contributed by atoms with Crippen LogP contribution in [0.25, 0.3) is 0 Å². The summed E-state index contributed by atoms with van der Waals surface area (Å²) in [6.07, 6.45) is 2.52. The van der Waals surface area contributed by atoms with Crippen LogP contribution in [0.4, 0.5) is 9.18 Å². The average Bonchev–Trinajstić information content (AvgIpc) is 2.73. The maximum atomic E-state index is 14.0. The molecule has 0 aliphatic rings. The van der Waals surface area contributed by atoms with Crippen molar-refractivity contribution in [1.82, 2.24) is 4.90 Å². The van der Waals surface area contributed by atoms with Crippen molar-refractivity contribution in [2.24, 2.45) is 0 Å². The quantitative estimate of drug-likeness (QED) is 0.248. The number of benzene rings is 1. The van der Waals surface area contributed by atoms with Crippen molar-refractivity contribution in [3.8, 4) is 0 Å². The first-order chi connectivity index (χ1) is 15.4. The number of halogens is 2. The summed E-state index contributed by atoms with van der Waals surface area (Å²) >= 11 is 2.94. The maximum absolute atomic E-state index is 14.0. The van der Waals surface area contributed by atoms with Crippen molar-refractivity contribution in [2.75, 3.05) is 26.0 Å². The fourth-order valence-corrected chi connectivity index (χ4v) is 3.32. The predicted molar refractivity (Wildman–Crippen MR) is 134 cm³/mol. The van der Waals surface area contributed by atoms with Crippen LogP contribution >= 0.6 is 15.9 Å². The van der Waals surface area contributed by atoms with Crippen LogP contribution in [-0.2, 0) is 26.4 Å². The zero-order chi connectivity index (χ0) is 25.7. The number of nitrogens with zero attached hydrogens (tertiary/aromatic N) is 1. The van der Waals surface area contributed by atoms with E-state index in [1.54, 1.807) is 40.9 Å². The first-order valence-electron chi connectivity index (χ1n) is 11.4. The second-order valence-electron chi connectivity index (χ2n) is 9.10. The smallest absolute Gasteiger partial charge is 0.410 e. The Morgan fingerprint density at radius 2 is 1.82 bits per heavy atom. The van der Waals surface area contributed by atoms with Crippen LogP contribution in [0.15, 0.2) is 18.2 Å². The topological polar surface area (TPSA) is 68.2 Å². The number of carbonyl (C=O) groups is 1. The van der Waals surface area contributed by atoms with Crippen molar-refractivity contribution < 1.29 is 28.5 Å². The van der Waals surface area contributed by atoms with Gasteiger partial charge in [-0.3, -0.25) is 0 Å². The lowest BCUT2D eigenvalue weighted by Crippen LogP contribution is -2.45. The molecule has 0 aliphatic heterocycles. The highest BCUT2D eigenvalue weighted by Crippen LogP contribution is 2.28. The number of aliphatic hydroxyl groups is 1. The summed E-state index contributed by atoms with van der Waals surface area (Å²) in [5, 5.41) is 11.3. The lowest BCUT2D eigenvalue weighted by molar-refractivity contribution is -0.136. The monoisotopic (exact) mass is 535 g/mol. The number of rotatable bonds is 12. The van der Waals surface area contributed by atoms with Crippen LogP contribution in [0.1, 0.15) is 78.4 Å². The van der Waals surface area contributed by atoms with Gasteiger partial charge in [0.05, 0.1) is 13.2 Å². The average molecular weight is 537 g/mol. The fraction of sp³-hybridized carbons (Fsp3) is 0.720. The van der Waals surface area contributed by atoms with Crippen LogP contribution in [-0.4, -0.2) is 54.0 Å². The second kappa shape index (κ2) is 15.6. The Kier molecular flexibility index (Phi) is 15.1. The summed E-state index contributed by atoms with van der Waals surface area (Å²) in [4.78, 5) is 14.1. The standard InChI is InChI=1S/C24H40FNO5.CH3Br/c1-8-10-11-21(29-7)30-16-18-15-19(25)12-13-20(18)24(6,28)17-26(14-9-2)22(27)31-23(3,4)5;1-2/h12-13,15,21,28H,8-11,14,16-17H2,1-7H3;1H3. The van der Waals surface area contributed by atoms with E-state index in [9.17, 15) is 14.3 Å². The summed E-state index contributed by atoms with van der Waals surface area (Å²) < 4.78 is 30.7. The van der Waals surface area contributed by atoms with Crippen molar-refractivity contribution in [2.45, 2.75) is 91.3 Å². The number of unbranched alkanes of at least 4 members (excludes halogenated alkanes) is 1. The van der Waals surface area contributed by atoms with Gasteiger partial charge in [0.15, 0.2) is 6.29 Å². The normalized spacial score (nSPS) is 14.0. The van der Waals surface area contributed by atoms with Gasteiger partial charge in [-0.25, -0.2) is 9.18 Å². The number of hydrogen-bond acceptors (Lipinski definition) is 5.